The van der Waals surface area contributed by atoms with Gasteiger partial charge in [0.25, 0.3) is 0 Å². The van der Waals surface area contributed by atoms with Crippen LogP contribution in [0.2, 0.25) is 0 Å². The molecule has 17 heavy (non-hydrogen) atoms. The van der Waals surface area contributed by atoms with Gasteiger partial charge in [0.2, 0.25) is 0 Å². The van der Waals surface area contributed by atoms with Crippen LogP contribution in [0.25, 0.3) is 0 Å². The Morgan fingerprint density at radius 3 is 2.53 bits per heavy atom. The van der Waals surface area contributed by atoms with Crippen LogP contribution in [-0.4, -0.2) is 33.0 Å². The maximum Gasteiger partial charge on any atom is 0.306 e. The van der Waals surface area contributed by atoms with Gasteiger partial charge in [-0.05, 0) is 25.2 Å². The van der Waals surface area contributed by atoms with Gasteiger partial charge in [0.1, 0.15) is 0 Å². The molecule has 0 aliphatic heterocycles. The third-order valence-electron chi connectivity index (χ3n) is 2.95. The van der Waals surface area contributed by atoms with Gasteiger partial charge in [-0.25, -0.2) is 8.42 Å². The molecular weight excluding hydrogens is 242 g/mol. The summed E-state index contributed by atoms with van der Waals surface area (Å²) in [4.78, 5) is 11.2. The molecule has 0 heterocycles. The summed E-state index contributed by atoms with van der Waals surface area (Å²) in [6, 6.07) is 1.91. The summed E-state index contributed by atoms with van der Waals surface area (Å²) < 4.78 is 28.2. The fourth-order valence-corrected chi connectivity index (χ4v) is 4.15. The monoisotopic (exact) mass is 259 g/mol. The lowest BCUT2D eigenvalue weighted by molar-refractivity contribution is -0.141. The van der Waals surface area contributed by atoms with Gasteiger partial charge < -0.3 is 4.74 Å². The second kappa shape index (κ2) is 5.05. The predicted molar refractivity (Wildman–Crippen MR) is 61.7 cm³/mol. The van der Waals surface area contributed by atoms with Crippen LogP contribution in [-0.2, 0) is 19.4 Å². The molecule has 1 rings (SSSR count). The van der Waals surface area contributed by atoms with Crippen LogP contribution < -0.4 is 0 Å². The molecular formula is C11H17NO4S. The Hall–Kier alpha value is -1.09. The quantitative estimate of drug-likeness (QED) is 0.662. The Morgan fingerprint density at radius 2 is 2.12 bits per heavy atom. The van der Waals surface area contributed by atoms with Crippen molar-refractivity contribution in [1.29, 1.82) is 5.26 Å². The van der Waals surface area contributed by atoms with E-state index in [1.807, 2.05) is 6.07 Å². The van der Waals surface area contributed by atoms with Crippen molar-refractivity contribution in [1.82, 2.24) is 0 Å². The minimum Gasteiger partial charge on any atom is -0.469 e. The van der Waals surface area contributed by atoms with Gasteiger partial charge >= 0.3 is 5.97 Å². The second-order valence-electron chi connectivity index (χ2n) is 4.84. The second-order valence-corrected chi connectivity index (χ2v) is 6.95. The van der Waals surface area contributed by atoms with Gasteiger partial charge in [0.15, 0.2) is 9.84 Å². The van der Waals surface area contributed by atoms with Crippen molar-refractivity contribution in [2.24, 2.45) is 11.3 Å². The molecule has 96 valence electrons. The first-order valence-electron chi connectivity index (χ1n) is 5.49. The van der Waals surface area contributed by atoms with Crippen LogP contribution in [0.3, 0.4) is 0 Å². The van der Waals surface area contributed by atoms with Crippen LogP contribution in [0.4, 0.5) is 0 Å². The van der Waals surface area contributed by atoms with Crippen molar-refractivity contribution in [2.75, 3.05) is 18.6 Å². The Kier molecular flexibility index (Phi) is 4.15. The molecule has 1 fully saturated rings. The normalized spacial score (nSPS) is 19.1. The van der Waals surface area contributed by atoms with Crippen molar-refractivity contribution in [2.45, 2.75) is 26.2 Å². The molecule has 0 aromatic rings. The fraction of sp³-hybridized carbons (Fsp3) is 0.818. The van der Waals surface area contributed by atoms with Gasteiger partial charge in [0.05, 0.1) is 37.0 Å². The van der Waals surface area contributed by atoms with Crippen molar-refractivity contribution < 1.29 is 17.9 Å². The van der Waals surface area contributed by atoms with Crippen molar-refractivity contribution in [3.8, 4) is 6.07 Å². The third-order valence-corrected chi connectivity index (χ3v) is 5.01. The topological polar surface area (TPSA) is 84.2 Å². The van der Waals surface area contributed by atoms with E-state index in [-0.39, 0.29) is 23.9 Å². The van der Waals surface area contributed by atoms with Crippen LogP contribution in [0.1, 0.15) is 26.2 Å². The molecule has 0 aromatic carbocycles. The molecule has 0 N–H and O–H groups in total. The van der Waals surface area contributed by atoms with E-state index in [2.05, 4.69) is 4.74 Å². The summed E-state index contributed by atoms with van der Waals surface area (Å²) >= 11 is 0. The molecule has 0 bridgehead atoms. The highest BCUT2D eigenvalue weighted by Crippen LogP contribution is 2.50. The van der Waals surface area contributed by atoms with Crippen LogP contribution >= 0.6 is 0 Å². The Balaban J connectivity index is 2.59. The number of rotatable bonds is 6. The molecule has 0 amide bonds. The average Bonchev–Trinajstić information content (AvgIpc) is 2.95. The van der Waals surface area contributed by atoms with Gasteiger partial charge in [0, 0.05) is 0 Å². The number of nitriles is 1. The van der Waals surface area contributed by atoms with Crippen LogP contribution in [0.5, 0.6) is 0 Å². The van der Waals surface area contributed by atoms with E-state index in [0.717, 1.165) is 12.8 Å². The predicted octanol–water partition coefficient (Wildman–Crippen LogP) is 0.904. The summed E-state index contributed by atoms with van der Waals surface area (Å²) in [6.45, 7) is 1.58. The molecule has 1 aliphatic carbocycles. The first-order valence-corrected chi connectivity index (χ1v) is 7.31. The Bertz CT molecular complexity index is 431. The summed E-state index contributed by atoms with van der Waals surface area (Å²) in [5, 5.41) is 8.61. The number of nitrogens with zero attached hydrogens (tertiary/aromatic N) is 1. The number of hydrogen-bond donors (Lipinski definition) is 0. The van der Waals surface area contributed by atoms with Gasteiger partial charge in [-0.2, -0.15) is 5.26 Å². The first-order chi connectivity index (χ1) is 7.82. The zero-order valence-electron chi connectivity index (χ0n) is 10.1. The van der Waals surface area contributed by atoms with E-state index in [1.165, 1.54) is 7.11 Å². The number of methoxy groups -OCH3 is 1. The number of carbonyl (C=O) groups excluding carboxylic acids is 1. The van der Waals surface area contributed by atoms with E-state index >= 15 is 0 Å². The highest BCUT2D eigenvalue weighted by molar-refractivity contribution is 7.91. The maximum absolute atomic E-state index is 11.8. The van der Waals surface area contributed by atoms with Gasteiger partial charge in [-0.15, -0.1) is 0 Å². The molecule has 1 unspecified atom stereocenters. The molecule has 1 aliphatic rings. The SMILES string of the molecule is COC(=O)CC1(CS(=O)(=O)CC(C)C#N)CC1. The van der Waals surface area contributed by atoms with Crippen molar-refractivity contribution >= 4 is 15.8 Å². The largest absolute Gasteiger partial charge is 0.469 e. The third kappa shape index (κ3) is 4.35. The zero-order valence-corrected chi connectivity index (χ0v) is 10.9. The number of hydrogen-bond acceptors (Lipinski definition) is 5. The number of esters is 1. The van der Waals surface area contributed by atoms with Crippen LogP contribution in [0.15, 0.2) is 0 Å². The minimum absolute atomic E-state index is 0.0128. The molecule has 0 radical (unpaired) electrons. The maximum atomic E-state index is 11.8. The summed E-state index contributed by atoms with van der Waals surface area (Å²) in [5.41, 5.74) is -0.429. The van der Waals surface area contributed by atoms with Crippen LogP contribution in [0, 0.1) is 22.7 Å². The van der Waals surface area contributed by atoms with E-state index in [1.54, 1.807) is 6.92 Å². The molecule has 0 aromatic heterocycles. The molecule has 0 spiro atoms. The molecule has 1 atom stereocenters. The Morgan fingerprint density at radius 1 is 1.53 bits per heavy atom. The molecule has 6 heteroatoms. The van der Waals surface area contributed by atoms with Crippen molar-refractivity contribution in [3.63, 3.8) is 0 Å². The summed E-state index contributed by atoms with van der Waals surface area (Å²) in [6.07, 6.45) is 1.63. The minimum atomic E-state index is -3.27. The fourth-order valence-electron chi connectivity index (χ4n) is 1.87. The van der Waals surface area contributed by atoms with Gasteiger partial charge in [-0.3, -0.25) is 4.79 Å². The highest BCUT2D eigenvalue weighted by atomic mass is 32.2. The van der Waals surface area contributed by atoms with E-state index in [4.69, 9.17) is 5.26 Å². The average molecular weight is 259 g/mol. The number of sulfone groups is 1. The van der Waals surface area contributed by atoms with Gasteiger partial charge in [-0.1, -0.05) is 0 Å². The molecule has 1 saturated carbocycles. The standard InChI is InChI=1S/C11H17NO4S/c1-9(6-12)7-17(14,15)8-11(3-4-11)5-10(13)16-2/h9H,3-5,7-8H2,1-2H3. The van der Waals surface area contributed by atoms with Crippen molar-refractivity contribution in [3.05, 3.63) is 0 Å². The summed E-state index contributed by atoms with van der Waals surface area (Å²) in [7, 11) is -1.98. The lowest BCUT2D eigenvalue weighted by atomic mass is 10.1. The lowest BCUT2D eigenvalue weighted by Crippen LogP contribution is -2.25. The number of ether oxygens (including phenoxy) is 1. The highest BCUT2D eigenvalue weighted by Gasteiger charge is 2.47. The Labute approximate surface area is 102 Å². The zero-order chi connectivity index (χ0) is 13.1. The lowest BCUT2D eigenvalue weighted by Gasteiger charge is -2.14. The number of carbonyl (C=O) groups is 1. The first kappa shape index (κ1) is 14.0. The molecule has 5 nitrogen and oxygen atoms in total. The van der Waals surface area contributed by atoms with E-state index in [9.17, 15) is 13.2 Å². The van der Waals surface area contributed by atoms with E-state index in [0.29, 0.717) is 0 Å². The van der Waals surface area contributed by atoms with E-state index < -0.39 is 21.2 Å². The summed E-state index contributed by atoms with van der Waals surface area (Å²) in [5.74, 6) is -1.02. The molecule has 0 saturated heterocycles. The smallest absolute Gasteiger partial charge is 0.306 e.